The van der Waals surface area contributed by atoms with Crippen LogP contribution in [0, 0.1) is 0 Å². The van der Waals surface area contributed by atoms with E-state index in [9.17, 15) is 13.5 Å². The third kappa shape index (κ3) is 3.60. The van der Waals surface area contributed by atoms with Gasteiger partial charge in [0.25, 0.3) is 0 Å². The number of hydrogen-bond acceptors (Lipinski definition) is 6. The Kier molecular flexibility index (Phi) is 4.71. The van der Waals surface area contributed by atoms with Gasteiger partial charge in [-0.15, -0.1) is 0 Å². The van der Waals surface area contributed by atoms with Crippen LogP contribution in [0.5, 0.6) is 11.5 Å². The monoisotopic (exact) mass is 390 g/mol. The Balaban J connectivity index is 1.46. The molecule has 8 heteroatoms. The first kappa shape index (κ1) is 18.1. The minimum atomic E-state index is -3.77. The molecule has 1 atom stereocenters. The number of nitrogens with one attached hydrogen (secondary N) is 1. The summed E-state index contributed by atoms with van der Waals surface area (Å²) in [7, 11) is -1.74. The molecule has 0 amide bonds. The molecule has 4 rings (SSSR count). The SMILES string of the molecule is CN1CCc2cc([C@H](O)CNS(=O)(=O)c3ccc4c(c3)OCCO4)ccc21. The zero-order chi connectivity index (χ0) is 19.0. The van der Waals surface area contributed by atoms with Gasteiger partial charge in [0.1, 0.15) is 13.2 Å². The van der Waals surface area contributed by atoms with Crippen LogP contribution in [0.15, 0.2) is 41.3 Å². The topological polar surface area (TPSA) is 88.1 Å². The molecule has 0 fully saturated rings. The van der Waals surface area contributed by atoms with Crippen LogP contribution in [0.4, 0.5) is 5.69 Å². The van der Waals surface area contributed by atoms with Crippen molar-refractivity contribution in [3.63, 3.8) is 0 Å². The standard InChI is InChI=1S/C19H22N2O5S/c1-21-7-6-13-10-14(2-4-16(13)21)17(22)12-20-27(23,24)15-3-5-18-19(11-15)26-9-8-25-18/h2-5,10-11,17,20,22H,6-9,12H2,1H3/t17-/m1/s1. The molecular formula is C19H22N2O5S. The highest BCUT2D eigenvalue weighted by molar-refractivity contribution is 7.89. The number of aliphatic hydroxyl groups is 1. The van der Waals surface area contributed by atoms with Gasteiger partial charge in [-0.05, 0) is 35.7 Å². The summed E-state index contributed by atoms with van der Waals surface area (Å²) in [6.07, 6.45) is 0.00294. The predicted octanol–water partition coefficient (Wildman–Crippen LogP) is 1.46. The third-order valence-corrected chi connectivity index (χ3v) is 6.33. The number of rotatable bonds is 5. The number of aliphatic hydroxyl groups excluding tert-OH is 1. The fraction of sp³-hybridized carbons (Fsp3) is 0.368. The number of hydrogen-bond donors (Lipinski definition) is 2. The van der Waals surface area contributed by atoms with Gasteiger partial charge in [-0.1, -0.05) is 12.1 Å². The average Bonchev–Trinajstić information content (AvgIpc) is 3.06. The highest BCUT2D eigenvalue weighted by Crippen LogP contribution is 2.32. The van der Waals surface area contributed by atoms with E-state index in [1.165, 1.54) is 17.7 Å². The van der Waals surface area contributed by atoms with Crippen LogP contribution in [0.25, 0.3) is 0 Å². The van der Waals surface area contributed by atoms with Crippen LogP contribution < -0.4 is 19.1 Å². The summed E-state index contributed by atoms with van der Waals surface area (Å²) in [6, 6.07) is 10.2. The summed E-state index contributed by atoms with van der Waals surface area (Å²) in [5.41, 5.74) is 3.03. The molecule has 0 bridgehead atoms. The number of benzene rings is 2. The quantitative estimate of drug-likeness (QED) is 0.804. The van der Waals surface area contributed by atoms with Crippen molar-refractivity contribution in [1.82, 2.24) is 4.72 Å². The number of likely N-dealkylation sites (N-methyl/N-ethyl adjacent to an activating group) is 1. The summed E-state index contributed by atoms with van der Waals surface area (Å²) < 4.78 is 38.4. The smallest absolute Gasteiger partial charge is 0.240 e. The number of sulfonamides is 1. The minimum Gasteiger partial charge on any atom is -0.486 e. The average molecular weight is 390 g/mol. The number of nitrogens with zero attached hydrogens (tertiary/aromatic N) is 1. The van der Waals surface area contributed by atoms with Crippen molar-refractivity contribution in [3.8, 4) is 11.5 Å². The van der Waals surface area contributed by atoms with Gasteiger partial charge >= 0.3 is 0 Å². The van der Waals surface area contributed by atoms with E-state index in [0.717, 1.165) is 18.7 Å². The van der Waals surface area contributed by atoms with E-state index in [4.69, 9.17) is 9.47 Å². The molecule has 2 heterocycles. The lowest BCUT2D eigenvalue weighted by Gasteiger charge is -2.19. The molecule has 0 unspecified atom stereocenters. The second kappa shape index (κ2) is 7.03. The minimum absolute atomic E-state index is 0.0783. The van der Waals surface area contributed by atoms with E-state index in [1.807, 2.05) is 25.2 Å². The molecular weight excluding hydrogens is 368 g/mol. The fourth-order valence-corrected chi connectivity index (χ4v) is 4.43. The Bertz CT molecular complexity index is 961. The van der Waals surface area contributed by atoms with Crippen LogP contribution in [-0.2, 0) is 16.4 Å². The summed E-state index contributed by atoms with van der Waals surface area (Å²) in [5, 5.41) is 10.4. The molecule has 2 aliphatic heterocycles. The van der Waals surface area contributed by atoms with Gasteiger partial charge in [0.2, 0.25) is 10.0 Å². The van der Waals surface area contributed by atoms with Gasteiger partial charge in [0, 0.05) is 31.9 Å². The van der Waals surface area contributed by atoms with Crippen molar-refractivity contribution in [3.05, 3.63) is 47.5 Å². The molecule has 0 spiro atoms. The fourth-order valence-electron chi connectivity index (χ4n) is 3.37. The van der Waals surface area contributed by atoms with Gasteiger partial charge in [0.15, 0.2) is 11.5 Å². The molecule has 27 heavy (non-hydrogen) atoms. The van der Waals surface area contributed by atoms with Crippen LogP contribution in [0.2, 0.25) is 0 Å². The van der Waals surface area contributed by atoms with E-state index in [1.54, 1.807) is 6.07 Å². The molecule has 2 aromatic carbocycles. The van der Waals surface area contributed by atoms with Crippen molar-refractivity contribution < 1.29 is 23.0 Å². The molecule has 7 nitrogen and oxygen atoms in total. The number of anilines is 1. The lowest BCUT2D eigenvalue weighted by atomic mass is 10.0. The van der Waals surface area contributed by atoms with Crippen LogP contribution in [0.3, 0.4) is 0 Å². The second-order valence-corrected chi connectivity index (χ2v) is 8.50. The van der Waals surface area contributed by atoms with Gasteiger partial charge in [-0.25, -0.2) is 13.1 Å². The molecule has 0 aliphatic carbocycles. The van der Waals surface area contributed by atoms with E-state index < -0.39 is 16.1 Å². The molecule has 0 saturated heterocycles. The Morgan fingerprint density at radius 2 is 1.93 bits per heavy atom. The summed E-state index contributed by atoms with van der Waals surface area (Å²) in [5.74, 6) is 0.941. The first-order valence-electron chi connectivity index (χ1n) is 8.85. The largest absolute Gasteiger partial charge is 0.486 e. The Morgan fingerprint density at radius 1 is 1.15 bits per heavy atom. The maximum absolute atomic E-state index is 12.6. The summed E-state index contributed by atoms with van der Waals surface area (Å²) in [4.78, 5) is 2.24. The van der Waals surface area contributed by atoms with Crippen LogP contribution >= 0.6 is 0 Å². The molecule has 2 N–H and O–H groups in total. The second-order valence-electron chi connectivity index (χ2n) is 6.73. The zero-order valence-corrected chi connectivity index (χ0v) is 15.8. The molecule has 2 aromatic rings. The Hall–Kier alpha value is -2.29. The highest BCUT2D eigenvalue weighted by atomic mass is 32.2. The lowest BCUT2D eigenvalue weighted by Crippen LogP contribution is -2.28. The van der Waals surface area contributed by atoms with Crippen LogP contribution in [-0.4, -0.2) is 46.9 Å². The number of ether oxygens (including phenoxy) is 2. The van der Waals surface area contributed by atoms with Crippen LogP contribution in [0.1, 0.15) is 17.2 Å². The van der Waals surface area contributed by atoms with Gasteiger partial charge in [0.05, 0.1) is 11.0 Å². The van der Waals surface area contributed by atoms with Crippen molar-refractivity contribution in [2.45, 2.75) is 17.4 Å². The molecule has 0 radical (unpaired) electrons. The molecule has 144 valence electrons. The lowest BCUT2D eigenvalue weighted by molar-refractivity contribution is 0.171. The number of fused-ring (bicyclic) bond motifs is 2. The normalized spacial score (nSPS) is 16.9. The Labute approximate surface area is 158 Å². The third-order valence-electron chi connectivity index (χ3n) is 4.91. The van der Waals surface area contributed by atoms with Crippen molar-refractivity contribution in [2.24, 2.45) is 0 Å². The molecule has 0 aromatic heterocycles. The Morgan fingerprint density at radius 3 is 2.74 bits per heavy atom. The first-order valence-corrected chi connectivity index (χ1v) is 10.3. The van der Waals surface area contributed by atoms with Gasteiger partial charge in [-0.3, -0.25) is 0 Å². The first-order chi connectivity index (χ1) is 12.9. The maximum atomic E-state index is 12.6. The molecule has 0 saturated carbocycles. The van der Waals surface area contributed by atoms with Crippen molar-refractivity contribution >= 4 is 15.7 Å². The maximum Gasteiger partial charge on any atom is 0.240 e. The summed E-state index contributed by atoms with van der Waals surface area (Å²) in [6.45, 7) is 1.67. The van der Waals surface area contributed by atoms with E-state index in [2.05, 4.69) is 9.62 Å². The van der Waals surface area contributed by atoms with Crippen molar-refractivity contribution in [2.75, 3.05) is 38.3 Å². The van der Waals surface area contributed by atoms with Gasteiger partial charge in [-0.2, -0.15) is 0 Å². The van der Waals surface area contributed by atoms with Crippen molar-refractivity contribution in [1.29, 1.82) is 0 Å². The summed E-state index contributed by atoms with van der Waals surface area (Å²) >= 11 is 0. The molecule has 2 aliphatic rings. The zero-order valence-electron chi connectivity index (χ0n) is 15.0. The van der Waals surface area contributed by atoms with Gasteiger partial charge < -0.3 is 19.5 Å². The van der Waals surface area contributed by atoms with E-state index in [0.29, 0.717) is 30.3 Å². The van der Waals surface area contributed by atoms with E-state index >= 15 is 0 Å². The highest BCUT2D eigenvalue weighted by Gasteiger charge is 2.22. The van der Waals surface area contributed by atoms with E-state index in [-0.39, 0.29) is 11.4 Å². The predicted molar refractivity (Wildman–Crippen MR) is 101 cm³/mol.